The molecule has 110 valence electrons. The Balaban J connectivity index is 2.02. The smallest absolute Gasteiger partial charge is 0.314 e. The number of aliphatic carboxylic acids is 1. The highest BCUT2D eigenvalue weighted by Gasteiger charge is 2.41. The molecule has 3 N–H and O–H groups in total. The molecule has 0 spiro atoms. The van der Waals surface area contributed by atoms with E-state index in [0.29, 0.717) is 18.9 Å². The van der Waals surface area contributed by atoms with Crippen LogP contribution in [0.3, 0.4) is 0 Å². The number of carbonyl (C=O) groups is 2. The molecular formula is C13H24N2O3S. The summed E-state index contributed by atoms with van der Waals surface area (Å²) in [4.78, 5) is 22.0. The van der Waals surface area contributed by atoms with E-state index in [1.807, 2.05) is 18.7 Å². The van der Waals surface area contributed by atoms with Crippen molar-refractivity contribution >= 4 is 23.8 Å². The van der Waals surface area contributed by atoms with Crippen molar-refractivity contribution < 1.29 is 14.7 Å². The lowest BCUT2D eigenvalue weighted by atomic mass is 10.0. The molecule has 1 fully saturated rings. The summed E-state index contributed by atoms with van der Waals surface area (Å²) in [6.07, 6.45) is 6.12. The molecule has 0 aromatic heterocycles. The first-order chi connectivity index (χ1) is 8.97. The Bertz CT molecular complexity index is 319. The number of amides is 2. The standard InChI is InChI=1S/C13H24N2O3S/c1-10(3-4-11(16)17)5-8-14-12(18)15-9-13(19-2)6-7-13/h10H,3-9H2,1-2H3,(H,16,17)(H2,14,15,18). The summed E-state index contributed by atoms with van der Waals surface area (Å²) in [5.41, 5.74) is 0. The zero-order valence-corrected chi connectivity index (χ0v) is 12.5. The zero-order valence-electron chi connectivity index (χ0n) is 11.7. The largest absolute Gasteiger partial charge is 0.481 e. The molecule has 2 amide bonds. The number of carboxylic acid groups (broad SMARTS) is 1. The van der Waals surface area contributed by atoms with Gasteiger partial charge in [0.25, 0.3) is 0 Å². The zero-order chi connectivity index (χ0) is 14.3. The average molecular weight is 288 g/mol. The third-order valence-corrected chi connectivity index (χ3v) is 5.00. The van der Waals surface area contributed by atoms with Crippen molar-refractivity contribution in [3.05, 3.63) is 0 Å². The van der Waals surface area contributed by atoms with Crippen molar-refractivity contribution in [1.29, 1.82) is 0 Å². The van der Waals surface area contributed by atoms with Gasteiger partial charge in [0.05, 0.1) is 0 Å². The molecule has 1 saturated carbocycles. The molecule has 1 aliphatic carbocycles. The van der Waals surface area contributed by atoms with Crippen LogP contribution in [0.4, 0.5) is 4.79 Å². The second kappa shape index (κ2) is 7.62. The van der Waals surface area contributed by atoms with Gasteiger partial charge >= 0.3 is 12.0 Å². The van der Waals surface area contributed by atoms with Crippen LogP contribution in [0.5, 0.6) is 0 Å². The molecule has 6 heteroatoms. The van der Waals surface area contributed by atoms with E-state index in [1.54, 1.807) is 0 Å². The van der Waals surface area contributed by atoms with E-state index in [-0.39, 0.29) is 17.2 Å². The Labute approximate surface area is 118 Å². The number of hydrogen-bond acceptors (Lipinski definition) is 3. The highest BCUT2D eigenvalue weighted by Crippen LogP contribution is 2.46. The molecule has 1 atom stereocenters. The lowest BCUT2D eigenvalue weighted by Gasteiger charge is -2.14. The third-order valence-electron chi connectivity index (χ3n) is 3.59. The van der Waals surface area contributed by atoms with Gasteiger partial charge in [-0.05, 0) is 37.9 Å². The van der Waals surface area contributed by atoms with Crippen LogP contribution in [0.1, 0.15) is 39.0 Å². The molecule has 1 aliphatic rings. The minimum absolute atomic E-state index is 0.120. The molecule has 1 rings (SSSR count). The molecule has 0 saturated heterocycles. The quantitative estimate of drug-likeness (QED) is 0.607. The lowest BCUT2D eigenvalue weighted by Crippen LogP contribution is -2.40. The third kappa shape index (κ3) is 6.71. The molecule has 1 unspecified atom stereocenters. The summed E-state index contributed by atoms with van der Waals surface area (Å²) in [7, 11) is 0. The van der Waals surface area contributed by atoms with Crippen molar-refractivity contribution in [3.63, 3.8) is 0 Å². The average Bonchev–Trinajstić information content (AvgIpc) is 3.14. The first-order valence-corrected chi connectivity index (χ1v) is 7.98. The van der Waals surface area contributed by atoms with Crippen LogP contribution in [0.2, 0.25) is 0 Å². The normalized spacial score (nSPS) is 17.6. The van der Waals surface area contributed by atoms with Gasteiger partial charge in [-0.3, -0.25) is 4.79 Å². The minimum Gasteiger partial charge on any atom is -0.481 e. The molecule has 19 heavy (non-hydrogen) atoms. The number of thioether (sulfide) groups is 1. The molecule has 5 nitrogen and oxygen atoms in total. The Kier molecular flexibility index (Phi) is 6.48. The number of rotatable bonds is 9. The number of carboxylic acids is 1. The van der Waals surface area contributed by atoms with Crippen molar-refractivity contribution in [3.8, 4) is 0 Å². The SMILES string of the molecule is CSC1(CNC(=O)NCCC(C)CCC(=O)O)CC1. The number of carbonyl (C=O) groups excluding carboxylic acids is 1. The Morgan fingerprint density at radius 2 is 2.00 bits per heavy atom. The summed E-state index contributed by atoms with van der Waals surface area (Å²) in [5.74, 6) is -0.443. The number of urea groups is 1. The maximum Gasteiger partial charge on any atom is 0.314 e. The highest BCUT2D eigenvalue weighted by atomic mass is 32.2. The molecule has 0 aliphatic heterocycles. The lowest BCUT2D eigenvalue weighted by molar-refractivity contribution is -0.137. The monoisotopic (exact) mass is 288 g/mol. The van der Waals surface area contributed by atoms with Crippen molar-refractivity contribution in [1.82, 2.24) is 10.6 Å². The minimum atomic E-state index is -0.760. The van der Waals surface area contributed by atoms with Crippen LogP contribution < -0.4 is 10.6 Å². The Morgan fingerprint density at radius 3 is 2.53 bits per heavy atom. The van der Waals surface area contributed by atoms with Crippen LogP contribution in [-0.4, -0.2) is 41.2 Å². The first kappa shape index (κ1) is 16.1. The van der Waals surface area contributed by atoms with Gasteiger partial charge in [-0.1, -0.05) is 6.92 Å². The van der Waals surface area contributed by atoms with Gasteiger partial charge in [0.2, 0.25) is 0 Å². The van der Waals surface area contributed by atoms with E-state index in [1.165, 1.54) is 12.8 Å². The number of nitrogens with one attached hydrogen (secondary N) is 2. The Hall–Kier alpha value is -0.910. The van der Waals surface area contributed by atoms with Crippen LogP contribution in [0.25, 0.3) is 0 Å². The fourth-order valence-electron chi connectivity index (χ4n) is 1.84. The van der Waals surface area contributed by atoms with E-state index < -0.39 is 5.97 Å². The van der Waals surface area contributed by atoms with E-state index in [2.05, 4.69) is 16.9 Å². The fraction of sp³-hybridized carbons (Fsp3) is 0.846. The Morgan fingerprint density at radius 1 is 1.32 bits per heavy atom. The molecule has 0 bridgehead atoms. The first-order valence-electron chi connectivity index (χ1n) is 6.76. The maximum absolute atomic E-state index is 11.6. The predicted molar refractivity (Wildman–Crippen MR) is 77.5 cm³/mol. The van der Waals surface area contributed by atoms with E-state index in [0.717, 1.165) is 13.0 Å². The second-order valence-electron chi connectivity index (χ2n) is 5.32. The summed E-state index contributed by atoms with van der Waals surface area (Å²) in [5, 5.41) is 14.3. The van der Waals surface area contributed by atoms with Gasteiger partial charge < -0.3 is 15.7 Å². The molecule has 0 radical (unpaired) electrons. The van der Waals surface area contributed by atoms with Crippen LogP contribution >= 0.6 is 11.8 Å². The summed E-state index contributed by atoms with van der Waals surface area (Å²) in [6.45, 7) is 3.34. The van der Waals surface area contributed by atoms with E-state index >= 15 is 0 Å². The summed E-state index contributed by atoms with van der Waals surface area (Å²) in [6, 6.07) is -0.120. The van der Waals surface area contributed by atoms with Gasteiger partial charge in [0.1, 0.15) is 0 Å². The van der Waals surface area contributed by atoms with Crippen molar-refractivity contribution in [2.24, 2.45) is 5.92 Å². The molecular weight excluding hydrogens is 264 g/mol. The van der Waals surface area contributed by atoms with Crippen molar-refractivity contribution in [2.75, 3.05) is 19.3 Å². The van der Waals surface area contributed by atoms with Crippen LogP contribution in [0.15, 0.2) is 0 Å². The molecule has 0 aromatic carbocycles. The van der Waals surface area contributed by atoms with Gasteiger partial charge in [-0.15, -0.1) is 0 Å². The van der Waals surface area contributed by atoms with Gasteiger partial charge in [-0.25, -0.2) is 4.79 Å². The van der Waals surface area contributed by atoms with Crippen LogP contribution in [-0.2, 0) is 4.79 Å². The van der Waals surface area contributed by atoms with Gasteiger partial charge in [-0.2, -0.15) is 11.8 Å². The second-order valence-corrected chi connectivity index (χ2v) is 6.60. The van der Waals surface area contributed by atoms with Gasteiger partial charge in [0, 0.05) is 24.3 Å². The number of hydrogen-bond donors (Lipinski definition) is 3. The fourth-order valence-corrected chi connectivity index (χ4v) is 2.57. The van der Waals surface area contributed by atoms with E-state index in [4.69, 9.17) is 5.11 Å². The molecule has 0 aromatic rings. The highest BCUT2D eigenvalue weighted by molar-refractivity contribution is 8.00. The predicted octanol–water partition coefficient (Wildman–Crippen LogP) is 2.07. The van der Waals surface area contributed by atoms with Gasteiger partial charge in [0.15, 0.2) is 0 Å². The maximum atomic E-state index is 11.6. The summed E-state index contributed by atoms with van der Waals surface area (Å²) < 4.78 is 0.284. The van der Waals surface area contributed by atoms with Crippen LogP contribution in [0, 0.1) is 5.92 Å². The summed E-state index contributed by atoms with van der Waals surface area (Å²) >= 11 is 1.82. The van der Waals surface area contributed by atoms with E-state index in [9.17, 15) is 9.59 Å². The van der Waals surface area contributed by atoms with Crippen molar-refractivity contribution in [2.45, 2.75) is 43.8 Å². The topological polar surface area (TPSA) is 78.4 Å². The molecule has 0 heterocycles.